The molecule has 22 heavy (non-hydrogen) atoms. The first-order valence-corrected chi connectivity index (χ1v) is 8.02. The fourth-order valence-electron chi connectivity index (χ4n) is 3.46. The molecular formula is C16H22N4O2. The molecule has 118 valence electrons. The molecule has 0 radical (unpaired) electrons. The Morgan fingerprint density at radius 1 is 1.32 bits per heavy atom. The van der Waals surface area contributed by atoms with Gasteiger partial charge in [0.1, 0.15) is 11.8 Å². The molecule has 1 fully saturated rings. The minimum atomic E-state index is -0.211. The van der Waals surface area contributed by atoms with Gasteiger partial charge in [0, 0.05) is 43.9 Å². The molecule has 4 rings (SSSR count). The zero-order valence-electron chi connectivity index (χ0n) is 12.8. The van der Waals surface area contributed by atoms with Gasteiger partial charge >= 0.3 is 0 Å². The predicted molar refractivity (Wildman–Crippen MR) is 85.3 cm³/mol. The number of piperazine rings is 1. The number of carbonyl (C=O) groups is 1. The molecule has 0 bridgehead atoms. The van der Waals surface area contributed by atoms with Gasteiger partial charge in [-0.1, -0.05) is 0 Å². The number of carbonyl (C=O) groups excluding carboxylic acids is 1. The van der Waals surface area contributed by atoms with Gasteiger partial charge in [0.15, 0.2) is 0 Å². The lowest BCUT2D eigenvalue weighted by Gasteiger charge is -2.38. The van der Waals surface area contributed by atoms with E-state index in [-0.39, 0.29) is 11.9 Å². The van der Waals surface area contributed by atoms with Crippen molar-refractivity contribution in [3.05, 3.63) is 17.7 Å². The number of amides is 1. The number of hydrogen-bond acceptors (Lipinski definition) is 5. The summed E-state index contributed by atoms with van der Waals surface area (Å²) in [6, 6.07) is 4.41. The number of ether oxygens (including phenoxy) is 1. The highest BCUT2D eigenvalue weighted by molar-refractivity contribution is 6.03. The molecule has 1 aromatic carbocycles. The summed E-state index contributed by atoms with van der Waals surface area (Å²) in [6.07, 6.45) is 1.05. The SMILES string of the molecule is CC1Nc2cc3c(cc2NC1=O)CN1CCNC[C@@H]1CCO3. The third-order valence-corrected chi connectivity index (χ3v) is 4.78. The van der Waals surface area contributed by atoms with Gasteiger partial charge in [-0.25, -0.2) is 0 Å². The summed E-state index contributed by atoms with van der Waals surface area (Å²) in [4.78, 5) is 14.4. The van der Waals surface area contributed by atoms with E-state index in [1.54, 1.807) is 0 Å². The number of nitrogens with one attached hydrogen (secondary N) is 3. The van der Waals surface area contributed by atoms with Gasteiger partial charge in [-0.2, -0.15) is 0 Å². The van der Waals surface area contributed by atoms with Crippen LogP contribution in [0.1, 0.15) is 18.9 Å². The normalized spacial score (nSPS) is 28.0. The molecule has 0 saturated carbocycles. The van der Waals surface area contributed by atoms with Crippen LogP contribution in [0.15, 0.2) is 12.1 Å². The maximum atomic E-state index is 11.9. The minimum Gasteiger partial charge on any atom is -0.493 e. The standard InChI is InChI=1S/C16H22N4O2/c1-10-16(21)19-13-6-11-9-20-4-3-17-8-12(20)2-5-22-15(11)7-14(13)18-10/h6-7,10,12,17-18H,2-5,8-9H2,1H3,(H,19,21)/t10?,12-/m0/s1. The highest BCUT2D eigenvalue weighted by atomic mass is 16.5. The van der Waals surface area contributed by atoms with E-state index in [2.05, 4.69) is 26.9 Å². The quantitative estimate of drug-likeness (QED) is 0.667. The maximum Gasteiger partial charge on any atom is 0.246 e. The second kappa shape index (κ2) is 5.44. The summed E-state index contributed by atoms with van der Waals surface area (Å²) >= 11 is 0. The molecule has 1 aromatic rings. The van der Waals surface area contributed by atoms with Gasteiger partial charge < -0.3 is 20.7 Å². The highest BCUT2D eigenvalue weighted by Crippen LogP contribution is 2.36. The van der Waals surface area contributed by atoms with Crippen molar-refractivity contribution in [3.8, 4) is 5.75 Å². The average molecular weight is 302 g/mol. The summed E-state index contributed by atoms with van der Waals surface area (Å²) in [5, 5.41) is 9.67. The number of nitrogens with zero attached hydrogens (tertiary/aromatic N) is 1. The molecule has 3 N–H and O–H groups in total. The van der Waals surface area contributed by atoms with Gasteiger partial charge in [0.05, 0.1) is 18.0 Å². The van der Waals surface area contributed by atoms with Crippen LogP contribution in [0.25, 0.3) is 0 Å². The lowest BCUT2D eigenvalue weighted by atomic mass is 10.0. The third-order valence-electron chi connectivity index (χ3n) is 4.78. The lowest BCUT2D eigenvalue weighted by molar-refractivity contribution is -0.116. The van der Waals surface area contributed by atoms with Gasteiger partial charge in [0.25, 0.3) is 0 Å². The van der Waals surface area contributed by atoms with Gasteiger partial charge in [-0.15, -0.1) is 0 Å². The Kier molecular flexibility index (Phi) is 3.43. The molecule has 0 aliphatic carbocycles. The van der Waals surface area contributed by atoms with Crippen LogP contribution in [0.2, 0.25) is 0 Å². The van der Waals surface area contributed by atoms with Crippen LogP contribution in [0.5, 0.6) is 5.75 Å². The van der Waals surface area contributed by atoms with E-state index in [0.29, 0.717) is 6.04 Å². The second-order valence-electron chi connectivity index (χ2n) is 6.33. The Labute approximate surface area is 130 Å². The summed E-state index contributed by atoms with van der Waals surface area (Å²) < 4.78 is 6.00. The first-order chi connectivity index (χ1) is 10.7. The second-order valence-corrected chi connectivity index (χ2v) is 6.33. The molecule has 3 heterocycles. The zero-order chi connectivity index (χ0) is 15.1. The molecule has 2 atom stereocenters. The number of rotatable bonds is 0. The van der Waals surface area contributed by atoms with Crippen molar-refractivity contribution < 1.29 is 9.53 Å². The zero-order valence-corrected chi connectivity index (χ0v) is 12.8. The van der Waals surface area contributed by atoms with Gasteiger partial charge in [-0.3, -0.25) is 9.69 Å². The Morgan fingerprint density at radius 3 is 3.14 bits per heavy atom. The smallest absolute Gasteiger partial charge is 0.246 e. The van der Waals surface area contributed by atoms with Crippen molar-refractivity contribution >= 4 is 17.3 Å². The van der Waals surface area contributed by atoms with E-state index < -0.39 is 0 Å². The lowest BCUT2D eigenvalue weighted by Crippen LogP contribution is -2.51. The molecule has 6 nitrogen and oxygen atoms in total. The molecular weight excluding hydrogens is 280 g/mol. The fourth-order valence-corrected chi connectivity index (χ4v) is 3.46. The van der Waals surface area contributed by atoms with Crippen LogP contribution in [-0.4, -0.2) is 49.1 Å². The molecule has 1 unspecified atom stereocenters. The van der Waals surface area contributed by atoms with E-state index in [0.717, 1.165) is 61.9 Å². The number of hydrogen-bond donors (Lipinski definition) is 3. The summed E-state index contributed by atoms with van der Waals surface area (Å²) in [6.45, 7) is 6.59. The Balaban J connectivity index is 1.67. The summed E-state index contributed by atoms with van der Waals surface area (Å²) in [5.41, 5.74) is 2.96. The third kappa shape index (κ3) is 2.42. The Hall–Kier alpha value is -1.79. The molecule has 6 heteroatoms. The van der Waals surface area contributed by atoms with Crippen molar-refractivity contribution in [1.29, 1.82) is 0 Å². The van der Waals surface area contributed by atoms with Crippen molar-refractivity contribution in [2.75, 3.05) is 36.9 Å². The molecule has 0 aromatic heterocycles. The van der Waals surface area contributed by atoms with Gasteiger partial charge in [-0.05, 0) is 19.4 Å². The number of fused-ring (bicyclic) bond motifs is 3. The fraction of sp³-hybridized carbons (Fsp3) is 0.562. The molecule has 0 spiro atoms. The predicted octanol–water partition coefficient (Wildman–Crippen LogP) is 0.995. The first kappa shape index (κ1) is 13.8. The summed E-state index contributed by atoms with van der Waals surface area (Å²) in [5.74, 6) is 0.950. The van der Waals surface area contributed by atoms with Crippen LogP contribution < -0.4 is 20.7 Å². The largest absolute Gasteiger partial charge is 0.493 e. The molecule has 3 aliphatic rings. The molecule has 1 amide bonds. The van der Waals surface area contributed by atoms with E-state index in [1.165, 1.54) is 0 Å². The van der Waals surface area contributed by atoms with Gasteiger partial charge in [0.2, 0.25) is 5.91 Å². The Bertz CT molecular complexity index is 604. The van der Waals surface area contributed by atoms with Crippen LogP contribution >= 0.6 is 0 Å². The molecule has 3 aliphatic heterocycles. The minimum absolute atomic E-state index is 0.0132. The maximum absolute atomic E-state index is 11.9. The van der Waals surface area contributed by atoms with Crippen molar-refractivity contribution in [1.82, 2.24) is 10.2 Å². The van der Waals surface area contributed by atoms with E-state index in [4.69, 9.17) is 4.74 Å². The van der Waals surface area contributed by atoms with Crippen LogP contribution in [0, 0.1) is 0 Å². The van der Waals surface area contributed by atoms with Crippen LogP contribution in [0.3, 0.4) is 0 Å². The monoisotopic (exact) mass is 302 g/mol. The van der Waals surface area contributed by atoms with Crippen molar-refractivity contribution in [2.45, 2.75) is 32.0 Å². The van der Waals surface area contributed by atoms with E-state index >= 15 is 0 Å². The first-order valence-electron chi connectivity index (χ1n) is 8.02. The highest BCUT2D eigenvalue weighted by Gasteiger charge is 2.28. The van der Waals surface area contributed by atoms with E-state index in [9.17, 15) is 4.79 Å². The van der Waals surface area contributed by atoms with Crippen molar-refractivity contribution in [3.63, 3.8) is 0 Å². The number of benzene rings is 1. The Morgan fingerprint density at radius 2 is 2.23 bits per heavy atom. The van der Waals surface area contributed by atoms with Crippen LogP contribution in [0.4, 0.5) is 11.4 Å². The van der Waals surface area contributed by atoms with Crippen molar-refractivity contribution in [2.24, 2.45) is 0 Å². The van der Waals surface area contributed by atoms with E-state index in [1.807, 2.05) is 13.0 Å². The molecule has 1 saturated heterocycles. The topological polar surface area (TPSA) is 65.6 Å². The average Bonchev–Trinajstić information content (AvgIpc) is 2.49. The summed E-state index contributed by atoms with van der Waals surface area (Å²) in [7, 11) is 0. The van der Waals surface area contributed by atoms with Crippen LogP contribution in [-0.2, 0) is 11.3 Å². The number of anilines is 2.